The first-order chi connectivity index (χ1) is 10.1. The highest BCUT2D eigenvalue weighted by atomic mass is 15.3. The summed E-state index contributed by atoms with van der Waals surface area (Å²) >= 11 is 0. The molecule has 0 bridgehead atoms. The van der Waals surface area contributed by atoms with Crippen LogP contribution < -0.4 is 10.2 Å². The molecular formula is C16H23N5. The predicted octanol–water partition coefficient (Wildman–Crippen LogP) is 2.14. The minimum Gasteiger partial charge on any atom is -0.378 e. The zero-order valence-corrected chi connectivity index (χ0v) is 13.0. The molecule has 1 atom stereocenters. The average Bonchev–Trinajstić information content (AvgIpc) is 3.08. The first-order valence-corrected chi connectivity index (χ1v) is 7.57. The van der Waals surface area contributed by atoms with Crippen LogP contribution in [0.5, 0.6) is 0 Å². The number of hydrogen-bond acceptors (Lipinski definition) is 4. The molecule has 5 heteroatoms. The molecule has 0 amide bonds. The van der Waals surface area contributed by atoms with Crippen LogP contribution in [0, 0.1) is 0 Å². The lowest BCUT2D eigenvalue weighted by Gasteiger charge is -2.15. The highest BCUT2D eigenvalue weighted by molar-refractivity contribution is 5.45. The number of benzene rings is 1. The Kier molecular flexibility index (Phi) is 3.92. The Morgan fingerprint density at radius 2 is 2.00 bits per heavy atom. The molecular weight excluding hydrogens is 262 g/mol. The van der Waals surface area contributed by atoms with E-state index in [0.717, 1.165) is 31.2 Å². The summed E-state index contributed by atoms with van der Waals surface area (Å²) in [5.74, 6) is 2.20. The van der Waals surface area contributed by atoms with E-state index >= 15 is 0 Å². The molecule has 112 valence electrons. The summed E-state index contributed by atoms with van der Waals surface area (Å²) in [4.78, 5) is 2.11. The summed E-state index contributed by atoms with van der Waals surface area (Å²) in [5, 5.41) is 12.1. The maximum Gasteiger partial charge on any atom is 0.149 e. The van der Waals surface area contributed by atoms with Crippen molar-refractivity contribution in [2.24, 2.45) is 0 Å². The van der Waals surface area contributed by atoms with Crippen molar-refractivity contribution in [1.82, 2.24) is 20.1 Å². The Balaban J connectivity index is 1.61. The molecule has 1 aliphatic heterocycles. The van der Waals surface area contributed by atoms with Crippen LogP contribution in [-0.2, 0) is 19.5 Å². The van der Waals surface area contributed by atoms with E-state index < -0.39 is 0 Å². The minimum absolute atomic E-state index is 0.220. The van der Waals surface area contributed by atoms with Crippen LogP contribution in [0.3, 0.4) is 0 Å². The second-order valence-electron chi connectivity index (χ2n) is 5.89. The summed E-state index contributed by atoms with van der Waals surface area (Å²) < 4.78 is 2.26. The largest absolute Gasteiger partial charge is 0.378 e. The summed E-state index contributed by atoms with van der Waals surface area (Å²) in [5.41, 5.74) is 2.51. The van der Waals surface area contributed by atoms with Gasteiger partial charge in [-0.2, -0.15) is 0 Å². The molecule has 0 aliphatic carbocycles. The number of anilines is 1. The van der Waals surface area contributed by atoms with Crippen molar-refractivity contribution in [1.29, 1.82) is 0 Å². The van der Waals surface area contributed by atoms with Gasteiger partial charge in [0.05, 0.1) is 6.04 Å². The number of rotatable bonds is 5. The van der Waals surface area contributed by atoms with Crippen molar-refractivity contribution in [2.75, 3.05) is 19.0 Å². The lowest BCUT2D eigenvalue weighted by Crippen LogP contribution is -2.21. The molecule has 0 saturated heterocycles. The molecule has 1 aromatic carbocycles. The second-order valence-corrected chi connectivity index (χ2v) is 5.89. The van der Waals surface area contributed by atoms with Crippen molar-refractivity contribution in [3.8, 4) is 0 Å². The zero-order valence-electron chi connectivity index (χ0n) is 13.0. The first kappa shape index (κ1) is 14.1. The van der Waals surface area contributed by atoms with E-state index in [0.29, 0.717) is 0 Å². The zero-order chi connectivity index (χ0) is 14.8. The number of aryl methyl sites for hydroxylation is 1. The van der Waals surface area contributed by atoms with Gasteiger partial charge in [-0.15, -0.1) is 10.2 Å². The minimum atomic E-state index is 0.220. The third-order valence-electron chi connectivity index (χ3n) is 4.09. The fourth-order valence-electron chi connectivity index (χ4n) is 2.77. The highest BCUT2D eigenvalue weighted by Crippen LogP contribution is 2.19. The quantitative estimate of drug-likeness (QED) is 0.914. The van der Waals surface area contributed by atoms with Crippen LogP contribution in [0.2, 0.25) is 0 Å². The summed E-state index contributed by atoms with van der Waals surface area (Å²) in [6.45, 7) is 4.06. The van der Waals surface area contributed by atoms with Gasteiger partial charge in [-0.1, -0.05) is 12.1 Å². The molecule has 0 fully saturated rings. The second kappa shape index (κ2) is 5.85. The van der Waals surface area contributed by atoms with E-state index in [1.165, 1.54) is 17.7 Å². The molecule has 0 saturated carbocycles. The summed E-state index contributed by atoms with van der Waals surface area (Å²) in [6, 6.07) is 8.86. The van der Waals surface area contributed by atoms with Gasteiger partial charge < -0.3 is 14.8 Å². The summed E-state index contributed by atoms with van der Waals surface area (Å²) in [6.07, 6.45) is 2.25. The van der Waals surface area contributed by atoms with E-state index in [1.54, 1.807) is 0 Å². The van der Waals surface area contributed by atoms with Gasteiger partial charge in [-0.05, 0) is 31.0 Å². The van der Waals surface area contributed by atoms with Crippen LogP contribution in [-0.4, -0.2) is 28.9 Å². The van der Waals surface area contributed by atoms with Crippen molar-refractivity contribution in [2.45, 2.75) is 38.9 Å². The standard InChI is InChI=1S/C16H23N5/c1-12(16-19-18-15-5-4-10-21(15)16)17-11-13-6-8-14(9-7-13)20(2)3/h6-9,12,17H,4-5,10-11H2,1-3H3. The molecule has 1 aliphatic rings. The van der Waals surface area contributed by atoms with E-state index in [9.17, 15) is 0 Å². The lowest BCUT2D eigenvalue weighted by molar-refractivity contribution is 0.516. The monoisotopic (exact) mass is 285 g/mol. The number of nitrogens with zero attached hydrogens (tertiary/aromatic N) is 4. The Morgan fingerprint density at radius 3 is 2.71 bits per heavy atom. The van der Waals surface area contributed by atoms with Crippen LogP contribution in [0.25, 0.3) is 0 Å². The number of fused-ring (bicyclic) bond motifs is 1. The van der Waals surface area contributed by atoms with Gasteiger partial charge in [0, 0.05) is 39.3 Å². The normalized spacial score (nSPS) is 15.0. The van der Waals surface area contributed by atoms with Crippen LogP contribution in [0.4, 0.5) is 5.69 Å². The smallest absolute Gasteiger partial charge is 0.149 e. The molecule has 0 radical (unpaired) electrons. The van der Waals surface area contributed by atoms with E-state index in [2.05, 4.69) is 70.3 Å². The Morgan fingerprint density at radius 1 is 1.24 bits per heavy atom. The molecule has 1 unspecified atom stereocenters. The SMILES string of the molecule is CC(NCc1ccc(N(C)C)cc1)c1nnc2n1CCC2. The third-order valence-corrected chi connectivity index (χ3v) is 4.09. The summed E-state index contributed by atoms with van der Waals surface area (Å²) in [7, 11) is 4.11. The fraction of sp³-hybridized carbons (Fsp3) is 0.500. The predicted molar refractivity (Wildman–Crippen MR) is 84.4 cm³/mol. The topological polar surface area (TPSA) is 46.0 Å². The van der Waals surface area contributed by atoms with Gasteiger partial charge in [-0.25, -0.2) is 0 Å². The molecule has 2 aromatic rings. The van der Waals surface area contributed by atoms with Crippen molar-refractivity contribution in [3.05, 3.63) is 41.5 Å². The molecule has 1 N–H and O–H groups in total. The van der Waals surface area contributed by atoms with Gasteiger partial charge >= 0.3 is 0 Å². The van der Waals surface area contributed by atoms with E-state index in [4.69, 9.17) is 0 Å². The lowest BCUT2D eigenvalue weighted by atomic mass is 10.2. The van der Waals surface area contributed by atoms with Gasteiger partial charge in [0.2, 0.25) is 0 Å². The molecule has 2 heterocycles. The van der Waals surface area contributed by atoms with Crippen LogP contribution in [0.1, 0.15) is 36.6 Å². The molecule has 1 aromatic heterocycles. The van der Waals surface area contributed by atoms with Crippen molar-refractivity contribution in [3.63, 3.8) is 0 Å². The Bertz CT molecular complexity index is 600. The van der Waals surface area contributed by atoms with Crippen molar-refractivity contribution >= 4 is 5.69 Å². The average molecular weight is 285 g/mol. The third kappa shape index (κ3) is 2.93. The first-order valence-electron chi connectivity index (χ1n) is 7.57. The Hall–Kier alpha value is -1.88. The number of hydrogen-bond donors (Lipinski definition) is 1. The van der Waals surface area contributed by atoms with E-state index in [1.807, 2.05) is 0 Å². The van der Waals surface area contributed by atoms with Gasteiger partial charge in [0.15, 0.2) is 0 Å². The number of nitrogens with one attached hydrogen (secondary N) is 1. The van der Waals surface area contributed by atoms with Crippen LogP contribution in [0.15, 0.2) is 24.3 Å². The molecule has 3 rings (SSSR count). The molecule has 21 heavy (non-hydrogen) atoms. The highest BCUT2D eigenvalue weighted by Gasteiger charge is 2.20. The van der Waals surface area contributed by atoms with Crippen LogP contribution >= 0.6 is 0 Å². The molecule has 5 nitrogen and oxygen atoms in total. The van der Waals surface area contributed by atoms with Gasteiger partial charge in [0.25, 0.3) is 0 Å². The van der Waals surface area contributed by atoms with Crippen molar-refractivity contribution < 1.29 is 0 Å². The number of aromatic nitrogens is 3. The van der Waals surface area contributed by atoms with Gasteiger partial charge in [0.1, 0.15) is 11.6 Å². The van der Waals surface area contributed by atoms with Gasteiger partial charge in [-0.3, -0.25) is 0 Å². The Labute approximate surface area is 126 Å². The maximum atomic E-state index is 4.33. The fourth-order valence-corrected chi connectivity index (χ4v) is 2.77. The maximum absolute atomic E-state index is 4.33. The molecule has 0 spiro atoms. The van der Waals surface area contributed by atoms with E-state index in [-0.39, 0.29) is 6.04 Å².